The molecule has 4 nitrogen and oxygen atoms in total. The molecule has 1 atom stereocenters. The van der Waals surface area contributed by atoms with Crippen molar-refractivity contribution in [2.24, 2.45) is 0 Å². The molecule has 0 aliphatic carbocycles. The summed E-state index contributed by atoms with van der Waals surface area (Å²) in [5, 5.41) is 14.8. The monoisotopic (exact) mass is 150 g/mol. The number of hydrogen-bond acceptors (Lipinski definition) is 4. The second-order valence-corrected chi connectivity index (χ2v) is 2.19. The van der Waals surface area contributed by atoms with Gasteiger partial charge in [-0.2, -0.15) is 0 Å². The van der Waals surface area contributed by atoms with Gasteiger partial charge in [-0.25, -0.2) is 10.1 Å². The Balaban J connectivity index is 3.00. The Bertz CT molecular complexity index is 58.8. The lowest BCUT2D eigenvalue weighted by atomic mass is 10.2. The Hall–Kier alpha value is -0.160. The summed E-state index contributed by atoms with van der Waals surface area (Å²) in [5.74, 6) is 0. The van der Waals surface area contributed by atoms with Crippen LogP contribution in [0.4, 0.5) is 0 Å². The maximum Gasteiger partial charge on any atom is 0.0934 e. The van der Waals surface area contributed by atoms with Crippen LogP contribution in [-0.2, 0) is 15.0 Å². The minimum Gasteiger partial charge on any atom is -0.219 e. The zero-order chi connectivity index (χ0) is 7.82. The molecule has 0 saturated heterocycles. The molecule has 0 rings (SSSR count). The molecular formula is C6H14O4. The van der Waals surface area contributed by atoms with Gasteiger partial charge in [0.25, 0.3) is 0 Å². The number of rotatable bonds is 6. The highest BCUT2D eigenvalue weighted by molar-refractivity contribution is 4.45. The summed E-state index contributed by atoms with van der Waals surface area (Å²) in [4.78, 5) is 4.52. The van der Waals surface area contributed by atoms with Gasteiger partial charge in [0, 0.05) is 0 Å². The summed E-state index contributed by atoms with van der Waals surface area (Å²) in [6.07, 6.45) is 3.07. The van der Waals surface area contributed by atoms with Gasteiger partial charge in [-0.05, 0) is 23.4 Å². The topological polar surface area (TPSA) is 47.9 Å². The van der Waals surface area contributed by atoms with E-state index in [0.29, 0.717) is 0 Å². The maximum atomic E-state index is 7.69. The molecule has 0 saturated carbocycles. The first-order chi connectivity index (χ1) is 4.81. The number of hydrogen-bond donors (Lipinski definition) is 1. The third-order valence-electron chi connectivity index (χ3n) is 1.20. The first-order valence-corrected chi connectivity index (χ1v) is 3.44. The average Bonchev–Trinajstić information content (AvgIpc) is 1.97. The lowest BCUT2D eigenvalue weighted by molar-refractivity contribution is -0.630. The standard InChI is InChI=1S/C6H14O4/c1-3-4-5-6(2)8-10-9-7/h6-7H,3-5H2,1-2H3. The molecule has 0 amide bonds. The van der Waals surface area contributed by atoms with Crippen LogP contribution in [0.5, 0.6) is 0 Å². The molecule has 4 heteroatoms. The fourth-order valence-corrected chi connectivity index (χ4v) is 0.624. The molecule has 0 bridgehead atoms. The second-order valence-electron chi connectivity index (χ2n) is 2.19. The Morgan fingerprint density at radius 2 is 2.20 bits per heavy atom. The summed E-state index contributed by atoms with van der Waals surface area (Å²) >= 11 is 0. The zero-order valence-electron chi connectivity index (χ0n) is 6.37. The van der Waals surface area contributed by atoms with Gasteiger partial charge in [-0.1, -0.05) is 19.8 Å². The molecule has 1 unspecified atom stereocenters. The van der Waals surface area contributed by atoms with Gasteiger partial charge in [-0.15, -0.1) is 0 Å². The normalized spacial score (nSPS) is 13.5. The Morgan fingerprint density at radius 1 is 1.50 bits per heavy atom. The predicted molar refractivity (Wildman–Crippen MR) is 34.9 cm³/mol. The van der Waals surface area contributed by atoms with E-state index >= 15 is 0 Å². The lowest BCUT2D eigenvalue weighted by Crippen LogP contribution is -2.07. The Morgan fingerprint density at radius 3 is 2.70 bits per heavy atom. The first-order valence-electron chi connectivity index (χ1n) is 3.44. The summed E-state index contributed by atoms with van der Waals surface area (Å²) in [6, 6.07) is 0. The van der Waals surface area contributed by atoms with E-state index in [4.69, 9.17) is 5.26 Å². The minimum atomic E-state index is -0.0351. The molecule has 0 aromatic rings. The Kier molecular flexibility index (Phi) is 6.84. The molecule has 0 aromatic carbocycles. The van der Waals surface area contributed by atoms with E-state index in [-0.39, 0.29) is 6.10 Å². The van der Waals surface area contributed by atoms with Crippen molar-refractivity contribution >= 4 is 0 Å². The van der Waals surface area contributed by atoms with Gasteiger partial charge >= 0.3 is 0 Å². The third kappa shape index (κ3) is 5.97. The molecular weight excluding hydrogens is 136 g/mol. The van der Waals surface area contributed by atoms with E-state index < -0.39 is 0 Å². The van der Waals surface area contributed by atoms with Gasteiger partial charge in [-0.3, -0.25) is 0 Å². The number of unbranched alkanes of at least 4 members (excludes halogenated alkanes) is 1. The first kappa shape index (κ1) is 9.84. The zero-order valence-corrected chi connectivity index (χ0v) is 6.37. The lowest BCUT2D eigenvalue weighted by Gasteiger charge is -2.06. The van der Waals surface area contributed by atoms with Crippen molar-refractivity contribution in [3.63, 3.8) is 0 Å². The third-order valence-corrected chi connectivity index (χ3v) is 1.20. The van der Waals surface area contributed by atoms with Crippen LogP contribution in [0.2, 0.25) is 0 Å². The molecule has 0 fully saturated rings. The average molecular weight is 150 g/mol. The largest absolute Gasteiger partial charge is 0.219 e. The molecule has 62 valence electrons. The van der Waals surface area contributed by atoms with Crippen LogP contribution >= 0.6 is 0 Å². The van der Waals surface area contributed by atoms with Crippen LogP contribution in [0.1, 0.15) is 33.1 Å². The van der Waals surface area contributed by atoms with E-state index in [1.54, 1.807) is 0 Å². The van der Waals surface area contributed by atoms with Crippen molar-refractivity contribution in [2.45, 2.75) is 39.2 Å². The highest BCUT2D eigenvalue weighted by Gasteiger charge is 2.01. The molecule has 10 heavy (non-hydrogen) atoms. The van der Waals surface area contributed by atoms with E-state index in [9.17, 15) is 0 Å². The van der Waals surface area contributed by atoms with Crippen molar-refractivity contribution in [1.29, 1.82) is 0 Å². The van der Waals surface area contributed by atoms with Gasteiger partial charge in [0.1, 0.15) is 0 Å². The van der Waals surface area contributed by atoms with E-state index in [2.05, 4.69) is 21.9 Å². The molecule has 0 heterocycles. The Labute approximate surface area is 60.5 Å². The molecule has 1 N–H and O–H groups in total. The molecule has 0 spiro atoms. The van der Waals surface area contributed by atoms with Crippen LogP contribution in [-0.4, -0.2) is 11.4 Å². The molecule has 0 radical (unpaired) electrons. The summed E-state index contributed by atoms with van der Waals surface area (Å²) < 4.78 is 0. The smallest absolute Gasteiger partial charge is 0.0934 e. The molecule has 0 aliphatic heterocycles. The van der Waals surface area contributed by atoms with Crippen LogP contribution in [0.3, 0.4) is 0 Å². The van der Waals surface area contributed by atoms with Crippen LogP contribution in [0.15, 0.2) is 0 Å². The molecule has 0 aliphatic rings. The fourth-order valence-electron chi connectivity index (χ4n) is 0.624. The quantitative estimate of drug-likeness (QED) is 0.464. The summed E-state index contributed by atoms with van der Waals surface area (Å²) in [7, 11) is 0. The van der Waals surface area contributed by atoms with E-state index in [1.165, 1.54) is 0 Å². The van der Waals surface area contributed by atoms with E-state index in [0.717, 1.165) is 19.3 Å². The molecule has 0 aromatic heterocycles. The minimum absolute atomic E-state index is 0.0351. The highest BCUT2D eigenvalue weighted by atomic mass is 17.6. The van der Waals surface area contributed by atoms with Crippen LogP contribution in [0.25, 0.3) is 0 Å². The fraction of sp³-hybridized carbons (Fsp3) is 1.00. The van der Waals surface area contributed by atoms with Gasteiger partial charge in [0.15, 0.2) is 0 Å². The van der Waals surface area contributed by atoms with Crippen molar-refractivity contribution in [3.8, 4) is 0 Å². The van der Waals surface area contributed by atoms with Crippen LogP contribution < -0.4 is 0 Å². The predicted octanol–water partition coefficient (Wildman–Crippen LogP) is 1.92. The van der Waals surface area contributed by atoms with Gasteiger partial charge < -0.3 is 0 Å². The maximum absolute atomic E-state index is 7.69. The summed E-state index contributed by atoms with van der Waals surface area (Å²) in [5.41, 5.74) is 0. The van der Waals surface area contributed by atoms with Crippen molar-refractivity contribution in [1.82, 2.24) is 0 Å². The van der Waals surface area contributed by atoms with Crippen molar-refractivity contribution in [2.75, 3.05) is 0 Å². The van der Waals surface area contributed by atoms with E-state index in [1.807, 2.05) is 6.92 Å². The SMILES string of the molecule is CCCCC(C)OOOO. The van der Waals surface area contributed by atoms with Crippen molar-refractivity contribution in [3.05, 3.63) is 0 Å². The van der Waals surface area contributed by atoms with Crippen LogP contribution in [0, 0.1) is 0 Å². The highest BCUT2D eigenvalue weighted by Crippen LogP contribution is 2.03. The van der Waals surface area contributed by atoms with Gasteiger partial charge in [0.05, 0.1) is 6.10 Å². The van der Waals surface area contributed by atoms with Crippen molar-refractivity contribution < 1.29 is 20.2 Å². The second kappa shape index (κ2) is 6.95. The summed E-state index contributed by atoms with van der Waals surface area (Å²) in [6.45, 7) is 3.94. The van der Waals surface area contributed by atoms with Gasteiger partial charge in [0.2, 0.25) is 0 Å².